The van der Waals surface area contributed by atoms with Crippen molar-refractivity contribution in [2.24, 2.45) is 5.92 Å². The maximum atomic E-state index is 12.1. The lowest BCUT2D eigenvalue weighted by Crippen LogP contribution is -2.30. The van der Waals surface area contributed by atoms with Gasteiger partial charge in [-0.2, -0.15) is 0 Å². The largest absolute Gasteiger partial charge is 0.497 e. The van der Waals surface area contributed by atoms with Gasteiger partial charge in [-0.25, -0.2) is 13.1 Å². The molecule has 0 aromatic heterocycles. The van der Waals surface area contributed by atoms with Crippen LogP contribution in [0.2, 0.25) is 0 Å². The van der Waals surface area contributed by atoms with Crippen molar-refractivity contribution >= 4 is 15.7 Å². The molecule has 0 amide bonds. The van der Waals surface area contributed by atoms with E-state index in [4.69, 9.17) is 15.2 Å². The second-order valence-electron chi connectivity index (χ2n) is 4.32. The molecule has 1 aromatic rings. The molecule has 0 fully saturated rings. The van der Waals surface area contributed by atoms with E-state index in [1.54, 1.807) is 13.2 Å². The Bertz CT molecular complexity index is 516. The van der Waals surface area contributed by atoms with Crippen molar-refractivity contribution in [3.05, 3.63) is 18.2 Å². The molecular formula is C12H20N2O4S. The molecule has 1 unspecified atom stereocenters. The molecule has 0 aliphatic heterocycles. The molecule has 1 rings (SSSR count). The molecule has 0 radical (unpaired) electrons. The van der Waals surface area contributed by atoms with Crippen LogP contribution in [0.15, 0.2) is 23.1 Å². The van der Waals surface area contributed by atoms with E-state index in [1.807, 2.05) is 6.92 Å². The van der Waals surface area contributed by atoms with Crippen LogP contribution in [0.3, 0.4) is 0 Å². The Balaban J connectivity index is 2.83. The quantitative estimate of drug-likeness (QED) is 0.725. The van der Waals surface area contributed by atoms with Gasteiger partial charge >= 0.3 is 0 Å². The van der Waals surface area contributed by atoms with Gasteiger partial charge in [-0.3, -0.25) is 0 Å². The first-order valence-corrected chi connectivity index (χ1v) is 7.31. The molecule has 0 spiro atoms. The molecule has 1 atom stereocenters. The zero-order valence-corrected chi connectivity index (χ0v) is 12.2. The molecule has 0 aliphatic rings. The molecule has 3 N–H and O–H groups in total. The fourth-order valence-electron chi connectivity index (χ4n) is 1.57. The molecule has 0 saturated carbocycles. The van der Waals surface area contributed by atoms with E-state index in [9.17, 15) is 8.42 Å². The average molecular weight is 288 g/mol. The summed E-state index contributed by atoms with van der Waals surface area (Å²) in [5.41, 5.74) is 5.88. The number of nitrogens with one attached hydrogen (secondary N) is 1. The summed E-state index contributed by atoms with van der Waals surface area (Å²) in [5.74, 6) is 0.600. The molecule has 0 bridgehead atoms. The van der Waals surface area contributed by atoms with E-state index in [-0.39, 0.29) is 16.5 Å². The van der Waals surface area contributed by atoms with E-state index in [2.05, 4.69) is 4.72 Å². The lowest BCUT2D eigenvalue weighted by Gasteiger charge is -2.13. The minimum absolute atomic E-state index is 0.0536. The molecule has 7 heteroatoms. The van der Waals surface area contributed by atoms with Crippen LogP contribution >= 0.6 is 0 Å². The number of sulfonamides is 1. The molecule has 0 saturated heterocycles. The Kier molecular flexibility index (Phi) is 5.59. The van der Waals surface area contributed by atoms with E-state index in [1.165, 1.54) is 19.2 Å². The summed E-state index contributed by atoms with van der Waals surface area (Å²) in [6, 6.07) is 4.47. The minimum atomic E-state index is -3.62. The summed E-state index contributed by atoms with van der Waals surface area (Å²) in [4.78, 5) is 0.0536. The van der Waals surface area contributed by atoms with Crippen molar-refractivity contribution in [1.82, 2.24) is 4.72 Å². The number of nitrogens with two attached hydrogens (primary N) is 1. The van der Waals surface area contributed by atoms with Gasteiger partial charge in [0.1, 0.15) is 10.6 Å². The van der Waals surface area contributed by atoms with Gasteiger partial charge in [0, 0.05) is 26.3 Å². The van der Waals surface area contributed by atoms with Gasteiger partial charge < -0.3 is 15.2 Å². The minimum Gasteiger partial charge on any atom is -0.497 e. The van der Waals surface area contributed by atoms with E-state index in [0.717, 1.165) is 0 Å². The summed E-state index contributed by atoms with van der Waals surface area (Å²) in [7, 11) is -0.546. The van der Waals surface area contributed by atoms with Gasteiger partial charge in [0.05, 0.1) is 12.8 Å². The fourth-order valence-corrected chi connectivity index (χ4v) is 2.85. The van der Waals surface area contributed by atoms with Crippen LogP contribution in [0, 0.1) is 5.92 Å². The molecule has 108 valence electrons. The van der Waals surface area contributed by atoms with Crippen molar-refractivity contribution in [3.8, 4) is 5.75 Å². The van der Waals surface area contributed by atoms with Crippen LogP contribution in [-0.2, 0) is 14.8 Å². The first kappa shape index (κ1) is 15.7. The first-order chi connectivity index (χ1) is 8.90. The van der Waals surface area contributed by atoms with Crippen LogP contribution < -0.4 is 15.2 Å². The Morgan fingerprint density at radius 3 is 2.58 bits per heavy atom. The molecule has 0 aliphatic carbocycles. The summed E-state index contributed by atoms with van der Waals surface area (Å²) in [6.45, 7) is 2.67. The molecule has 1 aromatic carbocycles. The van der Waals surface area contributed by atoms with Crippen LogP contribution in [0.1, 0.15) is 6.92 Å². The van der Waals surface area contributed by atoms with E-state index < -0.39 is 10.0 Å². The summed E-state index contributed by atoms with van der Waals surface area (Å²) in [6.07, 6.45) is 0. The lowest BCUT2D eigenvalue weighted by atomic mass is 10.2. The van der Waals surface area contributed by atoms with Crippen molar-refractivity contribution < 1.29 is 17.9 Å². The van der Waals surface area contributed by atoms with Crippen molar-refractivity contribution in [3.63, 3.8) is 0 Å². The van der Waals surface area contributed by atoms with Gasteiger partial charge in [-0.05, 0) is 18.1 Å². The summed E-state index contributed by atoms with van der Waals surface area (Å²) in [5, 5.41) is 0. The highest BCUT2D eigenvalue weighted by molar-refractivity contribution is 7.89. The predicted molar refractivity (Wildman–Crippen MR) is 73.6 cm³/mol. The number of benzene rings is 1. The van der Waals surface area contributed by atoms with Crippen LogP contribution in [0.5, 0.6) is 5.75 Å². The summed E-state index contributed by atoms with van der Waals surface area (Å²) < 4.78 is 36.6. The SMILES string of the molecule is COCC(C)CNS(=O)(=O)c1ccc(OC)cc1N. The Morgan fingerprint density at radius 1 is 1.37 bits per heavy atom. The number of hydrogen-bond acceptors (Lipinski definition) is 5. The highest BCUT2D eigenvalue weighted by Gasteiger charge is 2.18. The van der Waals surface area contributed by atoms with E-state index in [0.29, 0.717) is 18.9 Å². The third kappa shape index (κ3) is 4.38. The fraction of sp³-hybridized carbons (Fsp3) is 0.500. The normalized spacial score (nSPS) is 13.2. The smallest absolute Gasteiger partial charge is 0.242 e. The van der Waals surface area contributed by atoms with Crippen LogP contribution in [0.4, 0.5) is 5.69 Å². The number of nitrogen functional groups attached to an aromatic ring is 1. The average Bonchev–Trinajstić information content (AvgIpc) is 2.36. The maximum Gasteiger partial charge on any atom is 0.242 e. The Hall–Kier alpha value is -1.31. The summed E-state index contributed by atoms with van der Waals surface area (Å²) >= 11 is 0. The first-order valence-electron chi connectivity index (χ1n) is 5.82. The third-order valence-corrected chi connectivity index (χ3v) is 4.08. The number of hydrogen-bond donors (Lipinski definition) is 2. The van der Waals surface area contributed by atoms with Gasteiger partial charge in [-0.1, -0.05) is 6.92 Å². The Morgan fingerprint density at radius 2 is 2.05 bits per heavy atom. The molecule has 0 heterocycles. The molecular weight excluding hydrogens is 268 g/mol. The van der Waals surface area contributed by atoms with Crippen molar-refractivity contribution in [2.75, 3.05) is 33.1 Å². The van der Waals surface area contributed by atoms with Crippen LogP contribution in [-0.4, -0.2) is 35.8 Å². The van der Waals surface area contributed by atoms with Gasteiger partial charge in [0.15, 0.2) is 0 Å². The second kappa shape index (κ2) is 6.74. The zero-order chi connectivity index (χ0) is 14.5. The monoisotopic (exact) mass is 288 g/mol. The van der Waals surface area contributed by atoms with Gasteiger partial charge in [0.25, 0.3) is 0 Å². The third-order valence-electron chi connectivity index (χ3n) is 2.58. The van der Waals surface area contributed by atoms with Crippen molar-refractivity contribution in [1.29, 1.82) is 0 Å². The molecule has 19 heavy (non-hydrogen) atoms. The number of methoxy groups -OCH3 is 2. The lowest BCUT2D eigenvalue weighted by molar-refractivity contribution is 0.161. The zero-order valence-electron chi connectivity index (χ0n) is 11.3. The maximum absolute atomic E-state index is 12.1. The highest BCUT2D eigenvalue weighted by atomic mass is 32.2. The van der Waals surface area contributed by atoms with Crippen molar-refractivity contribution in [2.45, 2.75) is 11.8 Å². The van der Waals surface area contributed by atoms with Gasteiger partial charge in [-0.15, -0.1) is 0 Å². The topological polar surface area (TPSA) is 90.6 Å². The number of ether oxygens (including phenoxy) is 2. The Labute approximate surface area is 113 Å². The number of rotatable bonds is 7. The van der Waals surface area contributed by atoms with Crippen LogP contribution in [0.25, 0.3) is 0 Å². The van der Waals surface area contributed by atoms with E-state index >= 15 is 0 Å². The van der Waals surface area contributed by atoms with Gasteiger partial charge in [0.2, 0.25) is 10.0 Å². The molecule has 6 nitrogen and oxygen atoms in total. The number of anilines is 1. The predicted octanol–water partition coefficient (Wildman–Crippen LogP) is 0.838. The highest BCUT2D eigenvalue weighted by Crippen LogP contribution is 2.23. The second-order valence-corrected chi connectivity index (χ2v) is 6.05. The standard InChI is InChI=1S/C12H20N2O4S/c1-9(8-17-2)7-14-19(15,16)12-5-4-10(18-3)6-11(12)13/h4-6,9,14H,7-8,13H2,1-3H3.